The number of unbranched alkanes of at least 4 members (excludes halogenated alkanes) is 27. The van der Waals surface area contributed by atoms with E-state index < -0.39 is 6.10 Å². The lowest BCUT2D eigenvalue weighted by Gasteiger charge is -2.18. The van der Waals surface area contributed by atoms with Crippen LogP contribution in [0.4, 0.5) is 0 Å². The van der Waals surface area contributed by atoms with Crippen LogP contribution in [0.1, 0.15) is 290 Å². The molecule has 0 saturated carbocycles. The number of carbonyl (C=O) groups is 3. The summed E-state index contributed by atoms with van der Waals surface area (Å²) in [5.74, 6) is -0.908. The van der Waals surface area contributed by atoms with Gasteiger partial charge in [-0.15, -0.1) is 0 Å². The van der Waals surface area contributed by atoms with Gasteiger partial charge in [-0.1, -0.05) is 259 Å². The molecule has 0 heterocycles. The predicted octanol–water partition coefficient (Wildman–Crippen LogP) is 21.4. The second-order valence-electron chi connectivity index (χ2n) is 20.6. The monoisotopic (exact) mass is 1040 g/mol. The van der Waals surface area contributed by atoms with E-state index in [4.69, 9.17) is 14.2 Å². The van der Waals surface area contributed by atoms with Gasteiger partial charge in [0.05, 0.1) is 0 Å². The van der Waals surface area contributed by atoms with Crippen LogP contribution >= 0.6 is 0 Å². The van der Waals surface area contributed by atoms with Gasteiger partial charge >= 0.3 is 17.9 Å². The molecule has 0 bridgehead atoms. The Morgan fingerprint density at radius 1 is 0.280 bits per heavy atom. The second kappa shape index (κ2) is 62.6. The highest BCUT2D eigenvalue weighted by Crippen LogP contribution is 2.15. The van der Waals surface area contributed by atoms with E-state index in [1.165, 1.54) is 122 Å². The summed E-state index contributed by atoms with van der Waals surface area (Å²) in [5, 5.41) is 0. The molecule has 0 fully saturated rings. The third kappa shape index (κ3) is 60.8. The van der Waals surface area contributed by atoms with E-state index in [9.17, 15) is 14.4 Å². The Hall–Kier alpha value is -3.93. The molecule has 0 aromatic rings. The lowest BCUT2D eigenvalue weighted by atomic mass is 10.0. The van der Waals surface area contributed by atoms with Gasteiger partial charge in [-0.25, -0.2) is 0 Å². The van der Waals surface area contributed by atoms with Crippen LogP contribution in [0.5, 0.6) is 0 Å². The first-order chi connectivity index (χ1) is 37.0. The van der Waals surface area contributed by atoms with Crippen LogP contribution in [-0.2, 0) is 28.6 Å². The summed E-state index contributed by atoms with van der Waals surface area (Å²) in [5.41, 5.74) is 0. The molecule has 0 radical (unpaired) electrons. The standard InChI is InChI=1S/C69H116O6/c1-4-7-10-13-16-19-22-24-26-27-28-29-30-31-32-33-34-35-36-37-38-39-40-41-43-44-47-50-53-56-59-62-68(71)74-65-66(64-73-67(70)61-58-55-52-49-46-21-18-15-12-9-6-3)75-69(72)63-60-57-54-51-48-45-42-25-23-20-17-14-11-8-5-2/h7,10,15-20,24-26,28-29,31-32,34-35,42,66H,4-6,8-9,11-14,21-23,27,30,33,36-41,43-65H2,1-3H3/b10-7-,18-15-,19-16-,20-17-,26-24-,29-28-,32-31-,35-34-,42-25-. The van der Waals surface area contributed by atoms with E-state index >= 15 is 0 Å². The van der Waals surface area contributed by atoms with Crippen LogP contribution in [0.2, 0.25) is 0 Å². The van der Waals surface area contributed by atoms with Crippen LogP contribution in [0, 0.1) is 0 Å². The van der Waals surface area contributed by atoms with Crippen molar-refractivity contribution in [3.63, 3.8) is 0 Å². The van der Waals surface area contributed by atoms with Gasteiger partial charge in [0.1, 0.15) is 13.2 Å². The summed E-state index contributed by atoms with van der Waals surface area (Å²) < 4.78 is 16.9. The molecule has 1 atom stereocenters. The molecule has 0 N–H and O–H groups in total. The van der Waals surface area contributed by atoms with E-state index in [0.29, 0.717) is 19.3 Å². The van der Waals surface area contributed by atoms with Crippen molar-refractivity contribution in [2.24, 2.45) is 0 Å². The minimum atomic E-state index is -0.790. The zero-order chi connectivity index (χ0) is 54.3. The van der Waals surface area contributed by atoms with Crippen LogP contribution in [0.3, 0.4) is 0 Å². The summed E-state index contributed by atoms with van der Waals surface area (Å²) in [7, 11) is 0. The Labute approximate surface area is 463 Å². The zero-order valence-electron chi connectivity index (χ0n) is 49.0. The lowest BCUT2D eigenvalue weighted by Crippen LogP contribution is -2.30. The highest BCUT2D eigenvalue weighted by molar-refractivity contribution is 5.71. The molecule has 428 valence electrons. The first-order valence-corrected chi connectivity index (χ1v) is 31.4. The Balaban J connectivity index is 4.21. The average molecular weight is 1040 g/mol. The first kappa shape index (κ1) is 71.1. The largest absolute Gasteiger partial charge is 0.462 e. The zero-order valence-corrected chi connectivity index (χ0v) is 49.0. The topological polar surface area (TPSA) is 78.9 Å². The highest BCUT2D eigenvalue weighted by atomic mass is 16.6. The molecular weight excluding hydrogens is 925 g/mol. The maximum Gasteiger partial charge on any atom is 0.306 e. The fourth-order valence-corrected chi connectivity index (χ4v) is 8.52. The van der Waals surface area contributed by atoms with Crippen molar-refractivity contribution < 1.29 is 28.6 Å². The third-order valence-electron chi connectivity index (χ3n) is 13.2. The van der Waals surface area contributed by atoms with Gasteiger partial charge in [0.2, 0.25) is 0 Å². The molecular formula is C69H116O6. The van der Waals surface area contributed by atoms with Crippen molar-refractivity contribution in [1.29, 1.82) is 0 Å². The SMILES string of the molecule is CC/C=C\C/C=C\C/C=C\C/C=C\C/C=C\C/C=C\CCCCCCCCCCCCCCC(=O)OCC(COC(=O)CCCCCCC/C=C\CCCC)OC(=O)CCCCCCC/C=C\C/C=C\CCCCC. The molecule has 0 aliphatic carbocycles. The van der Waals surface area contributed by atoms with Crippen LogP contribution in [0.15, 0.2) is 109 Å². The maximum atomic E-state index is 12.9. The third-order valence-corrected chi connectivity index (χ3v) is 13.2. The number of ether oxygens (including phenoxy) is 3. The van der Waals surface area contributed by atoms with Gasteiger partial charge < -0.3 is 14.2 Å². The van der Waals surface area contributed by atoms with Gasteiger partial charge in [0.15, 0.2) is 6.10 Å². The molecule has 0 amide bonds. The number of hydrogen-bond donors (Lipinski definition) is 0. The Bertz CT molecular complexity index is 1520. The van der Waals surface area contributed by atoms with Crippen LogP contribution in [-0.4, -0.2) is 37.2 Å². The molecule has 0 rings (SSSR count). The molecule has 0 aromatic heterocycles. The summed E-state index contributed by atoms with van der Waals surface area (Å²) in [6.07, 6.45) is 85.3. The maximum absolute atomic E-state index is 12.9. The van der Waals surface area contributed by atoms with Crippen LogP contribution in [0.25, 0.3) is 0 Å². The van der Waals surface area contributed by atoms with Gasteiger partial charge in [-0.05, 0) is 122 Å². The number of hydrogen-bond acceptors (Lipinski definition) is 6. The fourth-order valence-electron chi connectivity index (χ4n) is 8.52. The van der Waals surface area contributed by atoms with Crippen LogP contribution < -0.4 is 0 Å². The molecule has 1 unspecified atom stereocenters. The molecule has 0 aliphatic heterocycles. The normalized spacial score (nSPS) is 12.8. The van der Waals surface area contributed by atoms with E-state index in [0.717, 1.165) is 128 Å². The minimum Gasteiger partial charge on any atom is -0.462 e. The molecule has 0 saturated heterocycles. The smallest absolute Gasteiger partial charge is 0.306 e. The van der Waals surface area contributed by atoms with Gasteiger partial charge in [-0.3, -0.25) is 14.4 Å². The summed E-state index contributed by atoms with van der Waals surface area (Å²) in [6, 6.07) is 0. The molecule has 6 heteroatoms. The minimum absolute atomic E-state index is 0.0869. The number of esters is 3. The van der Waals surface area contributed by atoms with Crippen molar-refractivity contribution in [2.75, 3.05) is 13.2 Å². The first-order valence-electron chi connectivity index (χ1n) is 31.4. The average Bonchev–Trinajstić information content (AvgIpc) is 3.41. The summed E-state index contributed by atoms with van der Waals surface area (Å²) in [6.45, 7) is 6.45. The fraction of sp³-hybridized carbons (Fsp3) is 0.696. The van der Waals surface area contributed by atoms with Crippen molar-refractivity contribution in [3.8, 4) is 0 Å². The lowest BCUT2D eigenvalue weighted by molar-refractivity contribution is -0.167. The quantitative estimate of drug-likeness (QED) is 0.0261. The molecule has 75 heavy (non-hydrogen) atoms. The Morgan fingerprint density at radius 3 is 0.867 bits per heavy atom. The van der Waals surface area contributed by atoms with Crippen molar-refractivity contribution in [3.05, 3.63) is 109 Å². The van der Waals surface area contributed by atoms with Crippen molar-refractivity contribution in [1.82, 2.24) is 0 Å². The van der Waals surface area contributed by atoms with Crippen molar-refractivity contribution >= 4 is 17.9 Å². The molecule has 0 aromatic carbocycles. The predicted molar refractivity (Wildman–Crippen MR) is 325 cm³/mol. The summed E-state index contributed by atoms with van der Waals surface area (Å²) >= 11 is 0. The van der Waals surface area contributed by atoms with E-state index in [1.54, 1.807) is 0 Å². The van der Waals surface area contributed by atoms with Crippen molar-refractivity contribution in [2.45, 2.75) is 297 Å². The molecule has 0 aliphatic rings. The summed E-state index contributed by atoms with van der Waals surface area (Å²) in [4.78, 5) is 38.2. The van der Waals surface area contributed by atoms with E-state index in [2.05, 4.69) is 130 Å². The Kier molecular flexibility index (Phi) is 59.3. The van der Waals surface area contributed by atoms with Gasteiger partial charge in [0.25, 0.3) is 0 Å². The highest BCUT2D eigenvalue weighted by Gasteiger charge is 2.19. The molecule has 6 nitrogen and oxygen atoms in total. The number of carbonyl (C=O) groups excluding carboxylic acids is 3. The van der Waals surface area contributed by atoms with Gasteiger partial charge in [0, 0.05) is 19.3 Å². The number of allylic oxidation sites excluding steroid dienone is 18. The number of rotatable bonds is 56. The van der Waals surface area contributed by atoms with Gasteiger partial charge in [-0.2, -0.15) is 0 Å². The van der Waals surface area contributed by atoms with E-state index in [-0.39, 0.29) is 31.1 Å². The molecule has 0 spiro atoms. The second-order valence-corrected chi connectivity index (χ2v) is 20.6. The van der Waals surface area contributed by atoms with E-state index in [1.807, 2.05) is 0 Å². The Morgan fingerprint density at radius 2 is 0.533 bits per heavy atom.